The maximum absolute atomic E-state index is 14.8. The van der Waals surface area contributed by atoms with Crippen molar-refractivity contribution in [2.24, 2.45) is 5.92 Å². The molecular weight excluding hydrogens is 446 g/mol. The number of aromatic amines is 1. The number of halogens is 2. The quantitative estimate of drug-likeness (QED) is 0.310. The predicted molar refractivity (Wildman–Crippen MR) is 121 cm³/mol. The zero-order valence-corrected chi connectivity index (χ0v) is 18.5. The molecule has 34 heavy (non-hydrogen) atoms. The van der Waals surface area contributed by atoms with E-state index in [9.17, 15) is 23.2 Å². The van der Waals surface area contributed by atoms with E-state index in [-0.39, 0.29) is 35.3 Å². The van der Waals surface area contributed by atoms with Crippen LogP contribution < -0.4 is 10.6 Å². The zero-order valence-electron chi connectivity index (χ0n) is 18.5. The first kappa shape index (κ1) is 23.5. The fourth-order valence-electron chi connectivity index (χ4n) is 3.58. The van der Waals surface area contributed by atoms with Crippen molar-refractivity contribution in [2.75, 3.05) is 25.1 Å². The van der Waals surface area contributed by atoms with Gasteiger partial charge in [-0.15, -0.1) is 0 Å². The summed E-state index contributed by atoms with van der Waals surface area (Å²) in [6, 6.07) is 3.20. The Morgan fingerprint density at radius 3 is 2.62 bits per heavy atom. The number of H-pyrrole nitrogens is 1. The second-order valence-corrected chi connectivity index (χ2v) is 8.00. The van der Waals surface area contributed by atoms with Gasteiger partial charge in [-0.3, -0.25) is 14.4 Å². The van der Waals surface area contributed by atoms with Gasteiger partial charge in [-0.1, -0.05) is 0 Å². The molecule has 0 atom stereocenters. The largest absolute Gasteiger partial charge is 0.382 e. The molecule has 0 bridgehead atoms. The van der Waals surface area contributed by atoms with Crippen LogP contribution in [-0.2, 0) is 9.53 Å². The van der Waals surface area contributed by atoms with Crippen molar-refractivity contribution in [3.8, 4) is 0 Å². The third-order valence-corrected chi connectivity index (χ3v) is 5.52. The summed E-state index contributed by atoms with van der Waals surface area (Å²) in [6.07, 6.45) is 4.91. The molecule has 1 aliphatic carbocycles. The van der Waals surface area contributed by atoms with Gasteiger partial charge in [0.15, 0.2) is 5.82 Å². The minimum atomic E-state index is -1.14. The predicted octanol–water partition coefficient (Wildman–Crippen LogP) is 3.58. The monoisotopic (exact) mass is 470 g/mol. The van der Waals surface area contributed by atoms with Gasteiger partial charge in [-0.05, 0) is 44.4 Å². The standard InChI is InChI=1S/C24H24F2N4O4/c1-2-34-9-3-7-28-23(32)14-10-17(25)19(18(26)11-14)21(31)16-12-29-20-15(16)6-8-27-22(20)30-24(33)13-4-5-13/h6,8,10-13,29H,2-5,7,9H2,1H3,(H,28,32)(H,27,30,33). The number of rotatable bonds is 10. The van der Waals surface area contributed by atoms with E-state index >= 15 is 0 Å². The molecule has 0 unspecified atom stereocenters. The van der Waals surface area contributed by atoms with E-state index in [1.165, 1.54) is 18.5 Å². The van der Waals surface area contributed by atoms with E-state index in [2.05, 4.69) is 20.6 Å². The Kier molecular flexibility index (Phi) is 6.97. The number of benzene rings is 1. The van der Waals surface area contributed by atoms with E-state index in [0.29, 0.717) is 30.5 Å². The molecule has 1 aromatic carbocycles. The van der Waals surface area contributed by atoms with Crippen molar-refractivity contribution in [3.05, 3.63) is 58.9 Å². The summed E-state index contributed by atoms with van der Waals surface area (Å²) >= 11 is 0. The number of fused-ring (bicyclic) bond motifs is 1. The van der Waals surface area contributed by atoms with Gasteiger partial charge in [0.1, 0.15) is 11.6 Å². The molecule has 0 spiro atoms. The molecule has 0 saturated heterocycles. The van der Waals surface area contributed by atoms with Crippen LogP contribution in [0.2, 0.25) is 0 Å². The third kappa shape index (κ3) is 4.96. The Balaban J connectivity index is 1.54. The summed E-state index contributed by atoms with van der Waals surface area (Å²) in [5.74, 6) is -3.79. The van der Waals surface area contributed by atoms with Crippen molar-refractivity contribution in [1.82, 2.24) is 15.3 Å². The number of hydrogen-bond acceptors (Lipinski definition) is 5. The smallest absolute Gasteiger partial charge is 0.251 e. The van der Waals surface area contributed by atoms with Crippen molar-refractivity contribution < 1.29 is 27.9 Å². The number of pyridine rings is 1. The maximum atomic E-state index is 14.8. The summed E-state index contributed by atoms with van der Waals surface area (Å²) in [6.45, 7) is 3.15. The highest BCUT2D eigenvalue weighted by Crippen LogP contribution is 2.32. The molecular formula is C24H24F2N4O4. The molecule has 1 aliphatic rings. The van der Waals surface area contributed by atoms with Crippen molar-refractivity contribution >= 4 is 34.3 Å². The number of amides is 2. The molecule has 0 radical (unpaired) electrons. The van der Waals surface area contributed by atoms with Gasteiger partial charge in [-0.25, -0.2) is 13.8 Å². The lowest BCUT2D eigenvalue weighted by atomic mass is 10.00. The summed E-state index contributed by atoms with van der Waals surface area (Å²) in [4.78, 5) is 44.4. The van der Waals surface area contributed by atoms with Crippen molar-refractivity contribution in [2.45, 2.75) is 26.2 Å². The van der Waals surface area contributed by atoms with E-state index in [4.69, 9.17) is 4.74 Å². The number of nitrogens with one attached hydrogen (secondary N) is 3. The van der Waals surface area contributed by atoms with Crippen molar-refractivity contribution in [1.29, 1.82) is 0 Å². The molecule has 0 aliphatic heterocycles. The summed E-state index contributed by atoms with van der Waals surface area (Å²) in [5.41, 5.74) is -0.598. The van der Waals surface area contributed by atoms with E-state index in [1.54, 1.807) is 0 Å². The molecule has 2 aromatic heterocycles. The molecule has 3 N–H and O–H groups in total. The molecule has 4 rings (SSSR count). The first-order chi connectivity index (χ1) is 16.4. The van der Waals surface area contributed by atoms with Gasteiger partial charge < -0.3 is 20.4 Å². The van der Waals surface area contributed by atoms with E-state index < -0.39 is 28.9 Å². The molecule has 3 aromatic rings. The fourth-order valence-corrected chi connectivity index (χ4v) is 3.58. The van der Waals surface area contributed by atoms with Crippen molar-refractivity contribution in [3.63, 3.8) is 0 Å². The van der Waals surface area contributed by atoms with E-state index in [1.807, 2.05) is 6.92 Å². The minimum Gasteiger partial charge on any atom is -0.382 e. The molecule has 1 fully saturated rings. The number of hydrogen-bond donors (Lipinski definition) is 3. The topological polar surface area (TPSA) is 113 Å². The Bertz CT molecular complexity index is 1230. The van der Waals surface area contributed by atoms with Gasteiger partial charge in [0.05, 0.1) is 11.1 Å². The second kappa shape index (κ2) is 10.1. The number of ketones is 1. The Morgan fingerprint density at radius 2 is 1.94 bits per heavy atom. The van der Waals surface area contributed by atoms with Gasteiger partial charge in [-0.2, -0.15) is 0 Å². The highest BCUT2D eigenvalue weighted by atomic mass is 19.1. The number of nitrogens with zero attached hydrogens (tertiary/aromatic N) is 1. The summed E-state index contributed by atoms with van der Waals surface area (Å²) in [5, 5.41) is 5.64. The average Bonchev–Trinajstić information content (AvgIpc) is 3.57. The van der Waals surface area contributed by atoms with Crippen LogP contribution in [0.15, 0.2) is 30.6 Å². The molecule has 2 heterocycles. The number of aromatic nitrogens is 2. The second-order valence-electron chi connectivity index (χ2n) is 8.00. The fraction of sp³-hybridized carbons (Fsp3) is 0.333. The third-order valence-electron chi connectivity index (χ3n) is 5.52. The van der Waals surface area contributed by atoms with Crippen LogP contribution in [0, 0.1) is 17.6 Å². The molecule has 2 amide bonds. The Labute approximate surface area is 194 Å². The lowest BCUT2D eigenvalue weighted by Crippen LogP contribution is -2.26. The van der Waals surface area contributed by atoms with Gasteiger partial charge >= 0.3 is 0 Å². The van der Waals surface area contributed by atoms with Gasteiger partial charge in [0.25, 0.3) is 5.91 Å². The highest BCUT2D eigenvalue weighted by Gasteiger charge is 2.30. The Hall–Kier alpha value is -3.66. The first-order valence-electron chi connectivity index (χ1n) is 11.1. The number of anilines is 1. The van der Waals surface area contributed by atoms with Gasteiger partial charge in [0, 0.05) is 54.6 Å². The SMILES string of the molecule is CCOCCCNC(=O)c1cc(F)c(C(=O)c2c[nH]c3c(NC(=O)C4CC4)nccc23)c(F)c1. The molecule has 10 heteroatoms. The maximum Gasteiger partial charge on any atom is 0.251 e. The molecule has 1 saturated carbocycles. The van der Waals surface area contributed by atoms with Crippen LogP contribution in [0.1, 0.15) is 52.5 Å². The summed E-state index contributed by atoms with van der Waals surface area (Å²) < 4.78 is 34.8. The normalized spacial score (nSPS) is 13.1. The van der Waals surface area contributed by atoms with Crippen LogP contribution in [-0.4, -0.2) is 47.3 Å². The van der Waals surface area contributed by atoms with Crippen LogP contribution in [0.3, 0.4) is 0 Å². The van der Waals surface area contributed by atoms with Crippen LogP contribution in [0.4, 0.5) is 14.6 Å². The van der Waals surface area contributed by atoms with E-state index in [0.717, 1.165) is 25.0 Å². The van der Waals surface area contributed by atoms with Crippen LogP contribution in [0.5, 0.6) is 0 Å². The highest BCUT2D eigenvalue weighted by molar-refractivity contribution is 6.18. The zero-order chi connectivity index (χ0) is 24.2. The van der Waals surface area contributed by atoms with Gasteiger partial charge in [0.2, 0.25) is 11.7 Å². The summed E-state index contributed by atoms with van der Waals surface area (Å²) in [7, 11) is 0. The number of ether oxygens (including phenoxy) is 1. The molecule has 178 valence electrons. The van der Waals surface area contributed by atoms with Crippen LogP contribution >= 0.6 is 0 Å². The first-order valence-corrected chi connectivity index (χ1v) is 11.1. The lowest BCUT2D eigenvalue weighted by Gasteiger charge is -2.09. The molecule has 8 nitrogen and oxygen atoms in total. The number of carbonyl (C=O) groups excluding carboxylic acids is 3. The average molecular weight is 470 g/mol. The van der Waals surface area contributed by atoms with Crippen LogP contribution in [0.25, 0.3) is 10.9 Å². The number of carbonyl (C=O) groups is 3. The minimum absolute atomic E-state index is 0.0187. The Morgan fingerprint density at radius 1 is 1.21 bits per heavy atom. The lowest BCUT2D eigenvalue weighted by molar-refractivity contribution is -0.117.